The van der Waals surface area contributed by atoms with Crippen LogP contribution in [0.4, 0.5) is 0 Å². The Balaban J connectivity index is 1.36. The molecule has 1 spiro atoms. The standard InChI is InChI=1S/C19H31N5O/c1-21-12-7-20-17(21)15-23-10-4-5-19(16-23)6-11-24(18(19)25)14-13-22-8-2-3-9-22/h7,12H,2-6,8-11,13-16H2,1H3/t19-/m1/s1. The molecule has 0 bridgehead atoms. The summed E-state index contributed by atoms with van der Waals surface area (Å²) in [6.07, 6.45) is 9.70. The predicted octanol–water partition coefficient (Wildman–Crippen LogP) is 1.33. The first-order valence-corrected chi connectivity index (χ1v) is 9.87. The van der Waals surface area contributed by atoms with E-state index in [4.69, 9.17) is 0 Å². The molecule has 0 radical (unpaired) electrons. The second kappa shape index (κ2) is 7.08. The van der Waals surface area contributed by atoms with Gasteiger partial charge >= 0.3 is 0 Å². The molecular weight excluding hydrogens is 314 g/mol. The van der Waals surface area contributed by atoms with E-state index in [9.17, 15) is 4.79 Å². The Morgan fingerprint density at radius 2 is 1.84 bits per heavy atom. The topological polar surface area (TPSA) is 44.6 Å². The Hall–Kier alpha value is -1.40. The molecule has 1 atom stereocenters. The van der Waals surface area contributed by atoms with Crippen molar-refractivity contribution in [3.05, 3.63) is 18.2 Å². The lowest BCUT2D eigenvalue weighted by Gasteiger charge is -2.39. The van der Waals surface area contributed by atoms with Gasteiger partial charge in [0.05, 0.1) is 12.0 Å². The highest BCUT2D eigenvalue weighted by Crippen LogP contribution is 2.40. The number of hydrogen-bond donors (Lipinski definition) is 0. The van der Waals surface area contributed by atoms with Crippen LogP contribution in [0.15, 0.2) is 12.4 Å². The van der Waals surface area contributed by atoms with E-state index in [-0.39, 0.29) is 5.41 Å². The fourth-order valence-electron chi connectivity index (χ4n) is 4.86. The molecule has 0 unspecified atom stereocenters. The smallest absolute Gasteiger partial charge is 0.230 e. The SMILES string of the molecule is Cn1ccnc1CN1CCC[C@@]2(CCN(CCN3CCCC3)C2=O)C1. The summed E-state index contributed by atoms with van der Waals surface area (Å²) in [5.74, 6) is 1.50. The van der Waals surface area contributed by atoms with Crippen LogP contribution in [0.25, 0.3) is 0 Å². The third kappa shape index (κ3) is 3.47. The molecule has 25 heavy (non-hydrogen) atoms. The maximum atomic E-state index is 13.2. The molecule has 1 amide bonds. The minimum Gasteiger partial charge on any atom is -0.341 e. The fraction of sp³-hybridized carbons (Fsp3) is 0.789. The predicted molar refractivity (Wildman–Crippen MR) is 97.0 cm³/mol. The van der Waals surface area contributed by atoms with Gasteiger partial charge in [0.1, 0.15) is 5.82 Å². The van der Waals surface area contributed by atoms with Gasteiger partial charge in [-0.3, -0.25) is 9.69 Å². The van der Waals surface area contributed by atoms with Crippen LogP contribution in [0.5, 0.6) is 0 Å². The Kier molecular flexibility index (Phi) is 4.82. The van der Waals surface area contributed by atoms with Crippen LogP contribution in [0.3, 0.4) is 0 Å². The number of carbonyl (C=O) groups is 1. The first kappa shape index (κ1) is 17.0. The Labute approximate surface area is 150 Å². The molecule has 3 aliphatic heterocycles. The van der Waals surface area contributed by atoms with Crippen LogP contribution < -0.4 is 0 Å². The lowest BCUT2D eigenvalue weighted by atomic mass is 9.78. The van der Waals surface area contributed by atoms with Crippen LogP contribution in [-0.4, -0.2) is 76.0 Å². The van der Waals surface area contributed by atoms with E-state index >= 15 is 0 Å². The van der Waals surface area contributed by atoms with Gasteiger partial charge in [-0.2, -0.15) is 0 Å². The lowest BCUT2D eigenvalue weighted by molar-refractivity contribution is -0.139. The molecule has 4 rings (SSSR count). The highest BCUT2D eigenvalue weighted by molar-refractivity contribution is 5.85. The summed E-state index contributed by atoms with van der Waals surface area (Å²) in [6.45, 7) is 8.18. The summed E-state index contributed by atoms with van der Waals surface area (Å²) in [7, 11) is 2.04. The summed E-state index contributed by atoms with van der Waals surface area (Å²) >= 11 is 0. The molecule has 3 fully saturated rings. The summed E-state index contributed by atoms with van der Waals surface area (Å²) in [4.78, 5) is 24.7. The molecule has 1 aromatic rings. The van der Waals surface area contributed by atoms with Gasteiger partial charge in [0.25, 0.3) is 0 Å². The monoisotopic (exact) mass is 345 g/mol. The van der Waals surface area contributed by atoms with Crippen molar-refractivity contribution in [3.63, 3.8) is 0 Å². The van der Waals surface area contributed by atoms with Crippen molar-refractivity contribution < 1.29 is 4.79 Å². The van der Waals surface area contributed by atoms with Crippen molar-refractivity contribution in [3.8, 4) is 0 Å². The molecule has 0 aromatic carbocycles. The van der Waals surface area contributed by atoms with Gasteiger partial charge in [-0.1, -0.05) is 0 Å². The number of hydrogen-bond acceptors (Lipinski definition) is 4. The molecule has 0 aliphatic carbocycles. The lowest BCUT2D eigenvalue weighted by Crippen LogP contribution is -2.48. The number of likely N-dealkylation sites (tertiary alicyclic amines) is 3. The number of imidazole rings is 1. The Morgan fingerprint density at radius 3 is 2.60 bits per heavy atom. The van der Waals surface area contributed by atoms with E-state index in [1.807, 2.05) is 19.4 Å². The molecule has 6 heteroatoms. The maximum absolute atomic E-state index is 13.2. The zero-order valence-electron chi connectivity index (χ0n) is 15.5. The summed E-state index contributed by atoms with van der Waals surface area (Å²) in [5.41, 5.74) is -0.131. The Bertz CT molecular complexity index is 609. The molecule has 0 saturated carbocycles. The second-order valence-electron chi connectivity index (χ2n) is 8.14. The molecular formula is C19H31N5O. The minimum absolute atomic E-state index is 0.131. The van der Waals surface area contributed by atoms with Gasteiger partial charge in [-0.25, -0.2) is 4.98 Å². The number of rotatable bonds is 5. The molecule has 138 valence electrons. The first-order valence-electron chi connectivity index (χ1n) is 9.87. The van der Waals surface area contributed by atoms with Crippen LogP contribution >= 0.6 is 0 Å². The number of aromatic nitrogens is 2. The molecule has 3 aliphatic rings. The average Bonchev–Trinajstić information content (AvgIpc) is 3.32. The normalized spacial score (nSPS) is 28.5. The summed E-state index contributed by atoms with van der Waals surface area (Å²) in [6, 6.07) is 0. The van der Waals surface area contributed by atoms with Crippen LogP contribution in [0.1, 0.15) is 37.9 Å². The molecule has 0 N–H and O–H groups in total. The highest BCUT2D eigenvalue weighted by Gasteiger charge is 2.48. The van der Waals surface area contributed by atoms with Gasteiger partial charge in [0, 0.05) is 45.6 Å². The molecule has 6 nitrogen and oxygen atoms in total. The van der Waals surface area contributed by atoms with E-state index in [1.165, 1.54) is 25.9 Å². The third-order valence-corrected chi connectivity index (χ3v) is 6.43. The number of amides is 1. The Morgan fingerprint density at radius 1 is 1.04 bits per heavy atom. The van der Waals surface area contributed by atoms with Gasteiger partial charge in [0.2, 0.25) is 5.91 Å². The van der Waals surface area contributed by atoms with Crippen LogP contribution in [-0.2, 0) is 18.4 Å². The van der Waals surface area contributed by atoms with E-state index in [2.05, 4.69) is 24.3 Å². The number of piperidine rings is 1. The van der Waals surface area contributed by atoms with Crippen molar-refractivity contribution >= 4 is 5.91 Å². The van der Waals surface area contributed by atoms with E-state index in [1.54, 1.807) is 0 Å². The second-order valence-corrected chi connectivity index (χ2v) is 8.14. The van der Waals surface area contributed by atoms with Gasteiger partial charge in [-0.15, -0.1) is 0 Å². The fourth-order valence-corrected chi connectivity index (χ4v) is 4.86. The number of aryl methyl sites for hydroxylation is 1. The molecule has 4 heterocycles. The van der Waals surface area contributed by atoms with Crippen LogP contribution in [0, 0.1) is 5.41 Å². The largest absolute Gasteiger partial charge is 0.341 e. The van der Waals surface area contributed by atoms with Gasteiger partial charge in [0.15, 0.2) is 0 Å². The van der Waals surface area contributed by atoms with Crippen molar-refractivity contribution in [2.45, 2.75) is 38.6 Å². The minimum atomic E-state index is -0.131. The van der Waals surface area contributed by atoms with Crippen molar-refractivity contribution in [1.82, 2.24) is 24.3 Å². The van der Waals surface area contributed by atoms with Crippen molar-refractivity contribution in [2.24, 2.45) is 12.5 Å². The van der Waals surface area contributed by atoms with Crippen molar-refractivity contribution in [1.29, 1.82) is 0 Å². The average molecular weight is 345 g/mol. The van der Waals surface area contributed by atoms with Crippen LogP contribution in [0.2, 0.25) is 0 Å². The van der Waals surface area contributed by atoms with Crippen molar-refractivity contribution in [2.75, 3.05) is 45.8 Å². The quantitative estimate of drug-likeness (QED) is 0.808. The number of carbonyl (C=O) groups excluding carboxylic acids is 1. The maximum Gasteiger partial charge on any atom is 0.230 e. The summed E-state index contributed by atoms with van der Waals surface area (Å²) in [5, 5.41) is 0. The molecule has 1 aromatic heterocycles. The van der Waals surface area contributed by atoms with Gasteiger partial charge in [-0.05, 0) is 51.7 Å². The highest BCUT2D eigenvalue weighted by atomic mass is 16.2. The van der Waals surface area contributed by atoms with E-state index in [0.29, 0.717) is 5.91 Å². The van der Waals surface area contributed by atoms with Gasteiger partial charge < -0.3 is 14.4 Å². The van der Waals surface area contributed by atoms with E-state index in [0.717, 1.165) is 64.4 Å². The summed E-state index contributed by atoms with van der Waals surface area (Å²) < 4.78 is 2.08. The number of nitrogens with zero attached hydrogens (tertiary/aromatic N) is 5. The van der Waals surface area contributed by atoms with E-state index < -0.39 is 0 Å². The third-order valence-electron chi connectivity index (χ3n) is 6.43. The zero-order chi connectivity index (χ0) is 17.3. The molecule has 3 saturated heterocycles. The first-order chi connectivity index (χ1) is 12.2. The zero-order valence-corrected chi connectivity index (χ0v) is 15.5.